The lowest BCUT2D eigenvalue weighted by Gasteiger charge is -2.25. The van der Waals surface area contributed by atoms with Gasteiger partial charge in [0, 0.05) is 0 Å². The van der Waals surface area contributed by atoms with Crippen molar-refractivity contribution < 1.29 is 24.2 Å². The lowest BCUT2D eigenvalue weighted by molar-refractivity contribution is -0.143. The number of aryl methyl sites for hydroxylation is 1. The zero-order valence-corrected chi connectivity index (χ0v) is 21.2. The van der Waals surface area contributed by atoms with Crippen molar-refractivity contribution in [3.8, 4) is 5.75 Å². The molecule has 3 aromatic rings. The first-order chi connectivity index (χ1) is 17.1. The van der Waals surface area contributed by atoms with Gasteiger partial charge < -0.3 is 14.6 Å². The Hall–Kier alpha value is -3.98. The van der Waals surface area contributed by atoms with E-state index in [-0.39, 0.29) is 11.7 Å². The maximum absolute atomic E-state index is 13.6. The van der Waals surface area contributed by atoms with Gasteiger partial charge in [-0.05, 0) is 57.0 Å². The van der Waals surface area contributed by atoms with E-state index in [1.54, 1.807) is 55.7 Å². The van der Waals surface area contributed by atoms with Crippen LogP contribution >= 0.6 is 11.3 Å². The van der Waals surface area contributed by atoms with Gasteiger partial charge in [0.15, 0.2) is 11.4 Å². The van der Waals surface area contributed by atoms with Gasteiger partial charge in [0.2, 0.25) is 0 Å². The van der Waals surface area contributed by atoms with Gasteiger partial charge in [0.25, 0.3) is 5.56 Å². The number of aliphatic carboxylic acids is 1. The highest BCUT2D eigenvalue weighted by atomic mass is 32.1. The SMILES string of the molecule is CC1=C(C(=O)OC(C)C)C(c2ccc(C)cc2)n2c(s/c(=C\c3ccc(OCC(=O)O)cc3)c2=O)=N1. The number of carbonyl (C=O) groups is 2. The summed E-state index contributed by atoms with van der Waals surface area (Å²) in [5.41, 5.74) is 3.18. The quantitative estimate of drug-likeness (QED) is 0.494. The number of benzene rings is 2. The van der Waals surface area contributed by atoms with Crippen molar-refractivity contribution in [3.63, 3.8) is 0 Å². The lowest BCUT2D eigenvalue weighted by Crippen LogP contribution is -2.40. The van der Waals surface area contributed by atoms with Crippen molar-refractivity contribution in [1.82, 2.24) is 4.57 Å². The summed E-state index contributed by atoms with van der Waals surface area (Å²) in [5, 5.41) is 8.76. The van der Waals surface area contributed by atoms with Crippen molar-refractivity contribution in [1.29, 1.82) is 0 Å². The van der Waals surface area contributed by atoms with Crippen LogP contribution in [0, 0.1) is 6.92 Å². The molecule has 9 heteroatoms. The molecule has 8 nitrogen and oxygen atoms in total. The summed E-state index contributed by atoms with van der Waals surface area (Å²) < 4.78 is 12.7. The fourth-order valence-electron chi connectivity index (χ4n) is 3.88. The fourth-order valence-corrected chi connectivity index (χ4v) is 4.93. The van der Waals surface area contributed by atoms with E-state index in [1.165, 1.54) is 11.3 Å². The molecule has 0 aliphatic carbocycles. The number of carbonyl (C=O) groups excluding carboxylic acids is 1. The zero-order chi connectivity index (χ0) is 26.0. The standard InChI is InChI=1S/C27H26N2O6S/c1-15(2)35-26(33)23-17(4)28-27-29(24(23)19-9-5-16(3)6-10-19)25(32)21(36-27)13-18-7-11-20(12-8-18)34-14-22(30)31/h5-13,15,24H,14H2,1-4H3,(H,30,31)/b21-13-. The summed E-state index contributed by atoms with van der Waals surface area (Å²) in [4.78, 5) is 42.5. The Kier molecular flexibility index (Phi) is 7.21. The maximum Gasteiger partial charge on any atom is 0.341 e. The summed E-state index contributed by atoms with van der Waals surface area (Å²) in [6.45, 7) is 6.86. The Morgan fingerprint density at radius 2 is 1.78 bits per heavy atom. The highest BCUT2D eigenvalue weighted by Crippen LogP contribution is 2.31. The predicted molar refractivity (Wildman–Crippen MR) is 136 cm³/mol. The Morgan fingerprint density at radius 1 is 1.11 bits per heavy atom. The molecule has 2 aromatic carbocycles. The Bertz CT molecular complexity index is 1510. The highest BCUT2D eigenvalue weighted by molar-refractivity contribution is 7.07. The van der Waals surface area contributed by atoms with Gasteiger partial charge in [-0.2, -0.15) is 0 Å². The summed E-state index contributed by atoms with van der Waals surface area (Å²) in [6, 6.07) is 13.8. The van der Waals surface area contributed by atoms with E-state index in [0.717, 1.165) is 16.7 Å². The molecule has 1 unspecified atom stereocenters. The third kappa shape index (κ3) is 5.31. The minimum atomic E-state index is -1.06. The molecule has 0 saturated heterocycles. The van der Waals surface area contributed by atoms with E-state index >= 15 is 0 Å². The Labute approximate surface area is 211 Å². The number of hydrogen-bond donors (Lipinski definition) is 1. The molecule has 0 bridgehead atoms. The number of esters is 1. The molecule has 0 amide bonds. The van der Waals surface area contributed by atoms with Crippen molar-refractivity contribution in [2.24, 2.45) is 4.99 Å². The summed E-state index contributed by atoms with van der Waals surface area (Å²) >= 11 is 1.24. The smallest absolute Gasteiger partial charge is 0.341 e. The van der Waals surface area contributed by atoms with Crippen LogP contribution < -0.4 is 19.6 Å². The van der Waals surface area contributed by atoms with Crippen LogP contribution in [-0.2, 0) is 14.3 Å². The molecular formula is C27H26N2O6S. The average Bonchev–Trinajstić information content (AvgIpc) is 3.12. The van der Waals surface area contributed by atoms with E-state index in [1.807, 2.05) is 31.2 Å². The van der Waals surface area contributed by atoms with Crippen LogP contribution in [0.15, 0.2) is 69.6 Å². The van der Waals surface area contributed by atoms with E-state index < -0.39 is 24.6 Å². The van der Waals surface area contributed by atoms with Crippen LogP contribution in [0.25, 0.3) is 6.08 Å². The third-order valence-electron chi connectivity index (χ3n) is 5.52. The van der Waals surface area contributed by atoms with Gasteiger partial charge in [-0.25, -0.2) is 14.6 Å². The van der Waals surface area contributed by atoms with E-state index in [9.17, 15) is 14.4 Å². The molecule has 2 heterocycles. The molecular weight excluding hydrogens is 480 g/mol. The van der Waals surface area contributed by atoms with E-state index in [2.05, 4.69) is 4.99 Å². The monoisotopic (exact) mass is 506 g/mol. The second-order valence-electron chi connectivity index (χ2n) is 8.70. The van der Waals surface area contributed by atoms with Crippen LogP contribution in [0.4, 0.5) is 0 Å². The molecule has 186 valence electrons. The van der Waals surface area contributed by atoms with Gasteiger partial charge in [-0.1, -0.05) is 53.3 Å². The van der Waals surface area contributed by atoms with Gasteiger partial charge in [0.05, 0.1) is 27.9 Å². The zero-order valence-electron chi connectivity index (χ0n) is 20.3. The van der Waals surface area contributed by atoms with E-state index in [0.29, 0.717) is 26.4 Å². The summed E-state index contributed by atoms with van der Waals surface area (Å²) in [6.07, 6.45) is 1.42. The maximum atomic E-state index is 13.6. The molecule has 1 aromatic heterocycles. The van der Waals surface area contributed by atoms with Crippen LogP contribution in [0.2, 0.25) is 0 Å². The molecule has 1 aliphatic heterocycles. The molecule has 0 fully saturated rings. The normalized spacial score (nSPS) is 15.5. The summed E-state index contributed by atoms with van der Waals surface area (Å²) in [5.74, 6) is -1.14. The average molecular weight is 507 g/mol. The van der Waals surface area contributed by atoms with Crippen molar-refractivity contribution in [2.75, 3.05) is 6.61 Å². The Balaban J connectivity index is 1.81. The number of ether oxygens (including phenoxy) is 2. The van der Waals surface area contributed by atoms with Crippen LogP contribution in [0.5, 0.6) is 5.75 Å². The molecule has 0 saturated carbocycles. The number of carboxylic acids is 1. The number of allylic oxidation sites excluding steroid dienone is 1. The molecule has 1 atom stereocenters. The minimum Gasteiger partial charge on any atom is -0.482 e. The number of thiazole rings is 1. The fraction of sp³-hybridized carbons (Fsp3) is 0.259. The van der Waals surface area contributed by atoms with Gasteiger partial charge in [-0.15, -0.1) is 0 Å². The number of hydrogen-bond acceptors (Lipinski definition) is 7. The van der Waals surface area contributed by atoms with Crippen molar-refractivity contribution in [2.45, 2.75) is 39.8 Å². The third-order valence-corrected chi connectivity index (χ3v) is 6.50. The van der Waals surface area contributed by atoms with Gasteiger partial charge in [0.1, 0.15) is 5.75 Å². The molecule has 4 rings (SSSR count). The highest BCUT2D eigenvalue weighted by Gasteiger charge is 2.33. The predicted octanol–water partition coefficient (Wildman–Crippen LogP) is 2.96. The Morgan fingerprint density at radius 3 is 2.39 bits per heavy atom. The molecule has 1 N–H and O–H groups in total. The second kappa shape index (κ2) is 10.3. The summed E-state index contributed by atoms with van der Waals surface area (Å²) in [7, 11) is 0. The van der Waals surface area contributed by atoms with Crippen molar-refractivity contribution in [3.05, 3.63) is 96.2 Å². The number of carboxylic acid groups (broad SMARTS) is 1. The second-order valence-corrected chi connectivity index (χ2v) is 9.71. The molecule has 0 spiro atoms. The number of nitrogens with zero attached hydrogens (tertiary/aromatic N) is 2. The number of fused-ring (bicyclic) bond motifs is 1. The van der Waals surface area contributed by atoms with Gasteiger partial charge in [-0.3, -0.25) is 9.36 Å². The van der Waals surface area contributed by atoms with Gasteiger partial charge >= 0.3 is 11.9 Å². The van der Waals surface area contributed by atoms with E-state index in [4.69, 9.17) is 14.6 Å². The largest absolute Gasteiger partial charge is 0.482 e. The number of aromatic nitrogens is 1. The molecule has 0 radical (unpaired) electrons. The van der Waals surface area contributed by atoms with Crippen molar-refractivity contribution >= 4 is 29.4 Å². The molecule has 36 heavy (non-hydrogen) atoms. The first-order valence-electron chi connectivity index (χ1n) is 11.4. The number of rotatable bonds is 7. The topological polar surface area (TPSA) is 107 Å². The lowest BCUT2D eigenvalue weighted by atomic mass is 9.95. The van der Waals surface area contributed by atoms with Crippen LogP contribution in [0.1, 0.15) is 43.5 Å². The van der Waals surface area contributed by atoms with Crippen LogP contribution in [0.3, 0.4) is 0 Å². The minimum absolute atomic E-state index is 0.266. The van der Waals surface area contributed by atoms with Crippen LogP contribution in [-0.4, -0.2) is 34.3 Å². The first kappa shape index (κ1) is 25.1. The molecule has 1 aliphatic rings. The first-order valence-corrected chi connectivity index (χ1v) is 12.2.